The first-order valence-corrected chi connectivity index (χ1v) is 9.78. The summed E-state index contributed by atoms with van der Waals surface area (Å²) >= 11 is 0. The number of aromatic nitrogens is 3. The van der Waals surface area contributed by atoms with Gasteiger partial charge in [0.05, 0.1) is 22.5 Å². The maximum Gasteiger partial charge on any atom is 0.285 e. The number of pyridine rings is 1. The molecule has 9 heteroatoms. The average Bonchev–Trinajstić information content (AvgIpc) is 3.19. The lowest BCUT2D eigenvalue weighted by Gasteiger charge is -2.09. The number of nitrogens with zero attached hydrogens (tertiary/aromatic N) is 4. The van der Waals surface area contributed by atoms with E-state index in [0.29, 0.717) is 11.5 Å². The molecule has 160 valence electrons. The van der Waals surface area contributed by atoms with Crippen LogP contribution in [0.3, 0.4) is 0 Å². The number of hydrogen-bond donors (Lipinski definition) is 1. The van der Waals surface area contributed by atoms with Crippen LogP contribution >= 0.6 is 0 Å². The lowest BCUT2D eigenvalue weighted by atomic mass is 10.1. The van der Waals surface area contributed by atoms with Gasteiger partial charge in [-0.25, -0.2) is 4.68 Å². The van der Waals surface area contributed by atoms with Crippen LogP contribution in [0.1, 0.15) is 5.56 Å². The van der Waals surface area contributed by atoms with E-state index in [0.717, 1.165) is 39.7 Å². The van der Waals surface area contributed by atoms with E-state index in [1.54, 1.807) is 10.7 Å². The van der Waals surface area contributed by atoms with Gasteiger partial charge in [-0.2, -0.15) is 5.10 Å². The highest BCUT2D eigenvalue weighted by Gasteiger charge is 2.16. The van der Waals surface area contributed by atoms with Crippen LogP contribution in [0.15, 0.2) is 83.8 Å². The number of hydrogen-bond acceptors (Lipinski definition) is 5. The second kappa shape index (κ2) is 8.68. The van der Waals surface area contributed by atoms with E-state index in [2.05, 4.69) is 10.4 Å². The molecule has 0 spiro atoms. The number of aryl methyl sites for hydroxylation is 1. The van der Waals surface area contributed by atoms with Crippen molar-refractivity contribution in [3.05, 3.63) is 105 Å². The van der Waals surface area contributed by atoms with Crippen molar-refractivity contribution in [2.45, 2.75) is 13.5 Å². The molecule has 1 N–H and O–H groups in total. The smallest absolute Gasteiger partial charge is 0.285 e. The Morgan fingerprint density at radius 3 is 2.47 bits per heavy atom. The molecular formula is C23H19N5O4. The van der Waals surface area contributed by atoms with Crippen LogP contribution < -0.4 is 10.9 Å². The Bertz CT molecular complexity index is 1340. The second-order valence-electron chi connectivity index (χ2n) is 7.19. The minimum absolute atomic E-state index is 0.270. The van der Waals surface area contributed by atoms with Crippen LogP contribution in [0.25, 0.3) is 16.9 Å². The molecule has 1 amide bonds. The van der Waals surface area contributed by atoms with Crippen LogP contribution in [0.2, 0.25) is 0 Å². The van der Waals surface area contributed by atoms with Crippen molar-refractivity contribution in [2.75, 3.05) is 5.32 Å². The van der Waals surface area contributed by atoms with Crippen molar-refractivity contribution in [1.29, 1.82) is 0 Å². The Labute approximate surface area is 182 Å². The Balaban J connectivity index is 1.66. The van der Waals surface area contributed by atoms with E-state index in [9.17, 15) is 19.7 Å². The van der Waals surface area contributed by atoms with Gasteiger partial charge in [0.2, 0.25) is 5.91 Å². The Hall–Kier alpha value is -4.53. The van der Waals surface area contributed by atoms with Gasteiger partial charge >= 0.3 is 0 Å². The number of para-hydroxylation sites is 1. The third-order valence-corrected chi connectivity index (χ3v) is 4.82. The largest absolute Gasteiger partial charge is 0.309 e. The number of nitrogens with one attached hydrogen (secondary N) is 1. The fraction of sp³-hybridized carbons (Fsp3) is 0.0870. The SMILES string of the molecule is Cc1ccc(-c2cc(NC(=O)Cn3cc([N+](=O)[O-])ccc3=O)n(-c3ccccc3)n2)cc1. The number of amides is 1. The molecule has 0 atom stereocenters. The topological polar surface area (TPSA) is 112 Å². The van der Waals surface area contributed by atoms with E-state index in [1.165, 1.54) is 0 Å². The summed E-state index contributed by atoms with van der Waals surface area (Å²) in [6.07, 6.45) is 1.05. The number of nitro groups is 1. The summed E-state index contributed by atoms with van der Waals surface area (Å²) in [5.74, 6) is -0.101. The predicted octanol–water partition coefficient (Wildman–Crippen LogP) is 3.56. The number of benzene rings is 2. The van der Waals surface area contributed by atoms with Gasteiger partial charge in [-0.1, -0.05) is 48.0 Å². The summed E-state index contributed by atoms with van der Waals surface area (Å²) < 4.78 is 2.60. The van der Waals surface area contributed by atoms with Crippen LogP contribution in [-0.4, -0.2) is 25.2 Å². The summed E-state index contributed by atoms with van der Waals surface area (Å²) in [4.78, 5) is 35.1. The first-order valence-electron chi connectivity index (χ1n) is 9.78. The molecule has 0 unspecified atom stereocenters. The molecule has 4 rings (SSSR count). The highest BCUT2D eigenvalue weighted by atomic mass is 16.6. The van der Waals surface area contributed by atoms with Crippen molar-refractivity contribution >= 4 is 17.4 Å². The van der Waals surface area contributed by atoms with Gasteiger partial charge in [0.1, 0.15) is 12.4 Å². The molecule has 2 heterocycles. The third-order valence-electron chi connectivity index (χ3n) is 4.82. The summed E-state index contributed by atoms with van der Waals surface area (Å²) in [5.41, 5.74) is 2.63. The van der Waals surface area contributed by atoms with Crippen LogP contribution in [-0.2, 0) is 11.3 Å². The maximum absolute atomic E-state index is 12.7. The molecule has 0 aliphatic rings. The fourth-order valence-corrected chi connectivity index (χ4v) is 3.19. The van der Waals surface area contributed by atoms with Gasteiger partial charge < -0.3 is 5.32 Å². The number of carbonyl (C=O) groups excluding carboxylic acids is 1. The zero-order valence-corrected chi connectivity index (χ0v) is 17.1. The molecule has 0 radical (unpaired) electrons. The molecule has 32 heavy (non-hydrogen) atoms. The van der Waals surface area contributed by atoms with Gasteiger partial charge in [-0.15, -0.1) is 0 Å². The Morgan fingerprint density at radius 2 is 1.78 bits per heavy atom. The number of anilines is 1. The minimum atomic E-state index is -0.619. The summed E-state index contributed by atoms with van der Waals surface area (Å²) in [7, 11) is 0. The van der Waals surface area contributed by atoms with E-state index in [1.807, 2.05) is 61.5 Å². The molecule has 2 aromatic carbocycles. The maximum atomic E-state index is 12.7. The van der Waals surface area contributed by atoms with Crippen molar-refractivity contribution < 1.29 is 9.72 Å². The van der Waals surface area contributed by atoms with Gasteiger partial charge in [0, 0.05) is 23.8 Å². The Kier molecular flexibility index (Phi) is 5.63. The standard InChI is InChI=1S/C23H19N5O4/c1-16-7-9-17(10-8-16)20-13-21(27(25-20)18-5-3-2-4-6-18)24-22(29)15-26-14-19(28(31)32)11-12-23(26)30/h2-14H,15H2,1H3,(H,24,29). The lowest BCUT2D eigenvalue weighted by molar-refractivity contribution is -0.385. The van der Waals surface area contributed by atoms with Crippen LogP contribution in [0, 0.1) is 17.0 Å². The normalized spacial score (nSPS) is 10.7. The molecule has 0 aliphatic heterocycles. The third kappa shape index (κ3) is 4.46. The molecular weight excluding hydrogens is 410 g/mol. The monoisotopic (exact) mass is 429 g/mol. The predicted molar refractivity (Wildman–Crippen MR) is 120 cm³/mol. The van der Waals surface area contributed by atoms with Gasteiger partial charge in [-0.05, 0) is 19.1 Å². The van der Waals surface area contributed by atoms with Gasteiger partial charge in [0.15, 0.2) is 0 Å². The van der Waals surface area contributed by atoms with Crippen molar-refractivity contribution in [2.24, 2.45) is 0 Å². The first-order chi connectivity index (χ1) is 15.4. The molecule has 0 bridgehead atoms. The summed E-state index contributed by atoms with van der Waals surface area (Å²) in [6, 6.07) is 21.1. The highest BCUT2D eigenvalue weighted by Crippen LogP contribution is 2.25. The summed E-state index contributed by atoms with van der Waals surface area (Å²) in [6.45, 7) is 1.62. The van der Waals surface area contributed by atoms with E-state index >= 15 is 0 Å². The van der Waals surface area contributed by atoms with E-state index < -0.39 is 16.4 Å². The average molecular weight is 429 g/mol. The van der Waals surface area contributed by atoms with Gasteiger partial charge in [-0.3, -0.25) is 24.3 Å². The Morgan fingerprint density at radius 1 is 1.06 bits per heavy atom. The summed E-state index contributed by atoms with van der Waals surface area (Å²) in [5, 5.41) is 18.4. The van der Waals surface area contributed by atoms with Gasteiger partial charge in [0.25, 0.3) is 11.2 Å². The lowest BCUT2D eigenvalue weighted by Crippen LogP contribution is -2.27. The van der Waals surface area contributed by atoms with Crippen LogP contribution in [0.5, 0.6) is 0 Å². The fourth-order valence-electron chi connectivity index (χ4n) is 3.19. The second-order valence-corrected chi connectivity index (χ2v) is 7.19. The van der Waals surface area contributed by atoms with E-state index in [4.69, 9.17) is 0 Å². The van der Waals surface area contributed by atoms with Crippen molar-refractivity contribution in [1.82, 2.24) is 14.3 Å². The number of rotatable bonds is 6. The zero-order valence-electron chi connectivity index (χ0n) is 17.1. The number of carbonyl (C=O) groups is 1. The molecule has 0 fully saturated rings. The molecule has 4 aromatic rings. The molecule has 0 aliphatic carbocycles. The highest BCUT2D eigenvalue weighted by molar-refractivity contribution is 5.90. The molecule has 2 aromatic heterocycles. The molecule has 0 saturated heterocycles. The van der Waals surface area contributed by atoms with Crippen LogP contribution in [0.4, 0.5) is 11.5 Å². The van der Waals surface area contributed by atoms with E-state index in [-0.39, 0.29) is 12.2 Å². The van der Waals surface area contributed by atoms with Crippen molar-refractivity contribution in [3.63, 3.8) is 0 Å². The van der Waals surface area contributed by atoms with Crippen molar-refractivity contribution in [3.8, 4) is 16.9 Å². The molecule has 0 saturated carbocycles. The first kappa shape index (κ1) is 20.7. The quantitative estimate of drug-likeness (QED) is 0.372. The molecule has 9 nitrogen and oxygen atoms in total. The zero-order chi connectivity index (χ0) is 22.7. The minimum Gasteiger partial charge on any atom is -0.309 e.